The highest BCUT2D eigenvalue weighted by molar-refractivity contribution is 5.95. The molecule has 29 heavy (non-hydrogen) atoms. The number of hydrogen-bond donors (Lipinski definition) is 4. The van der Waals surface area contributed by atoms with Gasteiger partial charge in [0.25, 0.3) is 5.91 Å². The van der Waals surface area contributed by atoms with Crippen LogP contribution in [0.5, 0.6) is 0 Å². The number of nitrogens with one attached hydrogen (secondary N) is 3. The molecule has 0 aliphatic carbocycles. The maximum atomic E-state index is 12.6. The second kappa shape index (κ2) is 8.23. The van der Waals surface area contributed by atoms with Crippen LogP contribution < -0.4 is 16.3 Å². The fourth-order valence-corrected chi connectivity index (χ4v) is 3.90. The zero-order chi connectivity index (χ0) is 20.4. The molecule has 1 fully saturated rings. The van der Waals surface area contributed by atoms with E-state index in [0.717, 1.165) is 22.9 Å². The van der Waals surface area contributed by atoms with E-state index < -0.39 is 23.7 Å². The lowest BCUT2D eigenvalue weighted by molar-refractivity contribution is 0.0751. The number of aromatic amines is 1. The molecule has 0 radical (unpaired) electrons. The molecule has 1 saturated heterocycles. The van der Waals surface area contributed by atoms with Crippen molar-refractivity contribution in [2.75, 3.05) is 13.1 Å². The van der Waals surface area contributed by atoms with Gasteiger partial charge in [0.1, 0.15) is 11.3 Å². The summed E-state index contributed by atoms with van der Waals surface area (Å²) in [5.74, 6) is 0.0425. The minimum Gasteiger partial charge on any atom is -0.427 e. The van der Waals surface area contributed by atoms with E-state index in [1.165, 1.54) is 0 Å². The number of carbonyl (C=O) groups excluding carboxylic acids is 1. The Hall–Kier alpha value is -2.90. The molecule has 3 heterocycles. The van der Waals surface area contributed by atoms with Crippen LogP contribution in [0.4, 0.5) is 0 Å². The van der Waals surface area contributed by atoms with E-state index in [2.05, 4.69) is 21.7 Å². The monoisotopic (exact) mass is 395 g/mol. The molecule has 4 rings (SSSR count). The molecular formula is C22H25N3O4. The summed E-state index contributed by atoms with van der Waals surface area (Å²) in [5, 5.41) is 17.0. The Bertz CT molecular complexity index is 1090. The number of aryl methyl sites for hydroxylation is 3. The van der Waals surface area contributed by atoms with Crippen molar-refractivity contribution >= 4 is 16.8 Å². The molecule has 0 unspecified atom stereocenters. The Labute approximate surface area is 168 Å². The van der Waals surface area contributed by atoms with Crippen LogP contribution in [0.25, 0.3) is 10.9 Å². The molecule has 7 nitrogen and oxygen atoms in total. The van der Waals surface area contributed by atoms with Gasteiger partial charge in [-0.2, -0.15) is 0 Å². The maximum Gasteiger partial charge on any atom is 0.349 e. The van der Waals surface area contributed by atoms with Gasteiger partial charge < -0.3 is 25.1 Å². The summed E-state index contributed by atoms with van der Waals surface area (Å²) in [7, 11) is 0. The van der Waals surface area contributed by atoms with Crippen molar-refractivity contribution in [2.24, 2.45) is 0 Å². The highest BCUT2D eigenvalue weighted by Gasteiger charge is 2.26. The fraction of sp³-hybridized carbons (Fsp3) is 0.364. The lowest BCUT2D eigenvalue weighted by Crippen LogP contribution is -2.54. The predicted molar refractivity (Wildman–Crippen MR) is 110 cm³/mol. The van der Waals surface area contributed by atoms with Gasteiger partial charge in [-0.1, -0.05) is 18.2 Å². The average molecular weight is 395 g/mol. The highest BCUT2D eigenvalue weighted by Crippen LogP contribution is 2.20. The van der Waals surface area contributed by atoms with E-state index in [-0.39, 0.29) is 5.56 Å². The Morgan fingerprint density at radius 1 is 1.31 bits per heavy atom. The molecular weight excluding hydrogens is 370 g/mol. The Morgan fingerprint density at radius 2 is 2.14 bits per heavy atom. The molecule has 7 heteroatoms. The lowest BCUT2D eigenvalue weighted by atomic mass is 10.0. The molecule has 3 aromatic rings. The van der Waals surface area contributed by atoms with Crippen LogP contribution in [-0.2, 0) is 12.8 Å². The van der Waals surface area contributed by atoms with E-state index in [0.29, 0.717) is 37.3 Å². The number of fused-ring (bicyclic) bond motifs is 1. The minimum absolute atomic E-state index is 0.00128. The normalized spacial score (nSPS) is 19.4. The smallest absolute Gasteiger partial charge is 0.349 e. The van der Waals surface area contributed by atoms with Gasteiger partial charge in [0.05, 0.1) is 12.1 Å². The molecule has 1 aliphatic rings. The zero-order valence-corrected chi connectivity index (χ0v) is 16.3. The number of para-hydroxylation sites is 1. The van der Waals surface area contributed by atoms with E-state index >= 15 is 0 Å². The molecule has 152 valence electrons. The van der Waals surface area contributed by atoms with Crippen LogP contribution in [0.3, 0.4) is 0 Å². The molecule has 1 aliphatic heterocycles. The number of aliphatic hydroxyl groups is 1. The molecule has 0 saturated carbocycles. The number of carbonyl (C=O) groups is 1. The van der Waals surface area contributed by atoms with E-state index in [1.807, 2.05) is 24.4 Å². The SMILES string of the molecule is Cc1cc(CCc2c[nH]c3ccccc23)oc(=O)c1C(=O)N[C@@H]1CNCC[C@H]1O. The first-order valence-electron chi connectivity index (χ1n) is 9.91. The number of aromatic nitrogens is 1. The van der Waals surface area contributed by atoms with Gasteiger partial charge in [-0.25, -0.2) is 4.79 Å². The maximum absolute atomic E-state index is 12.6. The number of H-pyrrole nitrogens is 1. The number of hydrogen-bond acceptors (Lipinski definition) is 5. The minimum atomic E-state index is -0.644. The first-order valence-corrected chi connectivity index (χ1v) is 9.91. The first kappa shape index (κ1) is 19.4. The van der Waals surface area contributed by atoms with E-state index in [4.69, 9.17) is 4.42 Å². The summed E-state index contributed by atoms with van der Waals surface area (Å²) in [5.41, 5.74) is 2.16. The summed E-state index contributed by atoms with van der Waals surface area (Å²) < 4.78 is 5.43. The summed E-state index contributed by atoms with van der Waals surface area (Å²) in [6, 6.07) is 9.39. The van der Waals surface area contributed by atoms with Crippen LogP contribution >= 0.6 is 0 Å². The Morgan fingerprint density at radius 3 is 2.93 bits per heavy atom. The Kier molecular flexibility index (Phi) is 5.51. The highest BCUT2D eigenvalue weighted by atomic mass is 16.4. The third-order valence-electron chi connectivity index (χ3n) is 5.50. The van der Waals surface area contributed by atoms with Crippen LogP contribution in [0, 0.1) is 6.92 Å². The molecule has 0 spiro atoms. The number of aliphatic hydroxyl groups excluding tert-OH is 1. The van der Waals surface area contributed by atoms with Gasteiger partial charge in [-0.05, 0) is 49.6 Å². The summed E-state index contributed by atoms with van der Waals surface area (Å²) in [6.07, 6.45) is 3.19. The second-order valence-corrected chi connectivity index (χ2v) is 7.56. The number of piperidine rings is 1. The second-order valence-electron chi connectivity index (χ2n) is 7.56. The van der Waals surface area contributed by atoms with E-state index in [9.17, 15) is 14.7 Å². The fourth-order valence-electron chi connectivity index (χ4n) is 3.90. The van der Waals surface area contributed by atoms with Crippen LogP contribution in [0.1, 0.15) is 33.7 Å². The lowest BCUT2D eigenvalue weighted by Gasteiger charge is -2.29. The molecule has 2 atom stereocenters. The van der Waals surface area contributed by atoms with Crippen molar-refractivity contribution in [1.29, 1.82) is 0 Å². The standard InChI is InChI=1S/C22H25N3O4/c1-13-10-15(7-6-14-11-24-17-5-3-2-4-16(14)17)29-22(28)20(13)21(27)25-18-12-23-9-8-19(18)26/h2-5,10-11,18-19,23-24,26H,6-9,12H2,1H3,(H,25,27)/t18-,19-/m1/s1. The van der Waals surface area contributed by atoms with Gasteiger partial charge >= 0.3 is 5.63 Å². The van der Waals surface area contributed by atoms with Gasteiger partial charge in [0.2, 0.25) is 0 Å². The average Bonchev–Trinajstić information content (AvgIpc) is 3.11. The third-order valence-corrected chi connectivity index (χ3v) is 5.50. The predicted octanol–water partition coefficient (Wildman–Crippen LogP) is 1.67. The first-order chi connectivity index (χ1) is 14.0. The van der Waals surface area contributed by atoms with Gasteiger partial charge in [-0.3, -0.25) is 4.79 Å². The van der Waals surface area contributed by atoms with Crippen molar-refractivity contribution < 1.29 is 14.3 Å². The summed E-state index contributed by atoms with van der Waals surface area (Å²) in [4.78, 5) is 28.3. The van der Waals surface area contributed by atoms with Crippen molar-refractivity contribution in [1.82, 2.24) is 15.6 Å². The zero-order valence-electron chi connectivity index (χ0n) is 16.3. The van der Waals surface area contributed by atoms with Crippen molar-refractivity contribution in [3.05, 3.63) is 69.4 Å². The molecule has 1 aromatic carbocycles. The van der Waals surface area contributed by atoms with Crippen LogP contribution in [0.15, 0.2) is 45.7 Å². The Balaban J connectivity index is 1.48. The van der Waals surface area contributed by atoms with E-state index in [1.54, 1.807) is 13.0 Å². The number of rotatable bonds is 5. The number of amides is 1. The van der Waals surface area contributed by atoms with Crippen molar-refractivity contribution in [2.45, 2.75) is 38.3 Å². The van der Waals surface area contributed by atoms with Gasteiger partial charge in [-0.15, -0.1) is 0 Å². The number of benzene rings is 1. The molecule has 4 N–H and O–H groups in total. The summed E-state index contributed by atoms with van der Waals surface area (Å²) >= 11 is 0. The largest absolute Gasteiger partial charge is 0.427 e. The van der Waals surface area contributed by atoms with Crippen LogP contribution in [0.2, 0.25) is 0 Å². The van der Waals surface area contributed by atoms with Crippen molar-refractivity contribution in [3.63, 3.8) is 0 Å². The topological polar surface area (TPSA) is 107 Å². The summed E-state index contributed by atoms with van der Waals surface area (Å²) in [6.45, 7) is 2.91. The molecule has 2 aromatic heterocycles. The third kappa shape index (κ3) is 4.11. The quantitative estimate of drug-likeness (QED) is 0.526. The van der Waals surface area contributed by atoms with Gasteiger partial charge in [0, 0.05) is 30.1 Å². The molecule has 1 amide bonds. The van der Waals surface area contributed by atoms with Crippen molar-refractivity contribution in [3.8, 4) is 0 Å². The van der Waals surface area contributed by atoms with Gasteiger partial charge in [0.15, 0.2) is 0 Å². The van der Waals surface area contributed by atoms with Crippen LogP contribution in [-0.4, -0.2) is 41.2 Å². The molecule has 0 bridgehead atoms.